The monoisotopic (exact) mass is 525 g/mol. The molecule has 34 heavy (non-hydrogen) atoms. The van der Waals surface area contributed by atoms with E-state index in [4.69, 9.17) is 37.4 Å². The van der Waals surface area contributed by atoms with Crippen molar-refractivity contribution >= 4 is 57.4 Å². The molecule has 180 valence electrons. The molecule has 0 aliphatic carbocycles. The predicted octanol–water partition coefficient (Wildman–Crippen LogP) is 5.20. The molecule has 0 spiro atoms. The molecule has 3 rings (SSSR count). The second-order valence-electron chi connectivity index (χ2n) is 6.72. The van der Waals surface area contributed by atoms with E-state index in [0.29, 0.717) is 21.4 Å². The van der Waals surface area contributed by atoms with Crippen molar-refractivity contribution in [3.8, 4) is 5.75 Å². The van der Waals surface area contributed by atoms with Gasteiger partial charge in [0.25, 0.3) is 5.91 Å². The van der Waals surface area contributed by atoms with E-state index >= 15 is 0 Å². The second kappa shape index (κ2) is 11.4. The lowest BCUT2D eigenvalue weighted by Crippen LogP contribution is -2.16. The van der Waals surface area contributed by atoms with Gasteiger partial charge in [0.05, 0.1) is 28.8 Å². The molecule has 0 aliphatic rings. The maximum atomic E-state index is 12.8. The van der Waals surface area contributed by atoms with Crippen LogP contribution in [-0.2, 0) is 16.2 Å². The van der Waals surface area contributed by atoms with Crippen LogP contribution in [0.5, 0.6) is 5.75 Å². The van der Waals surface area contributed by atoms with Crippen LogP contribution in [0.15, 0.2) is 30.5 Å². The smallest absolute Gasteiger partial charge is 0.348 e. The third kappa shape index (κ3) is 5.69. The van der Waals surface area contributed by atoms with Crippen LogP contribution in [0.1, 0.15) is 49.9 Å². The number of anilines is 1. The molecule has 3 aromatic rings. The first kappa shape index (κ1) is 25.5. The Morgan fingerprint density at radius 2 is 1.71 bits per heavy atom. The summed E-state index contributed by atoms with van der Waals surface area (Å²) in [6, 6.07) is 6.45. The van der Waals surface area contributed by atoms with Gasteiger partial charge < -0.3 is 19.5 Å². The summed E-state index contributed by atoms with van der Waals surface area (Å²) < 4.78 is 17.1. The highest BCUT2D eigenvalue weighted by Gasteiger charge is 2.28. The largest absolute Gasteiger partial charge is 0.468 e. The SMILES string of the molecule is CCOC(=O)c1sc(NC(=O)c2ccn(COc3c(Cl)cccc3Cl)n2)c(C(=O)OCC)c1C. The molecule has 0 bridgehead atoms. The number of para-hydroxylation sites is 1. The topological polar surface area (TPSA) is 109 Å². The van der Waals surface area contributed by atoms with E-state index < -0.39 is 17.8 Å². The zero-order valence-corrected chi connectivity index (χ0v) is 20.8. The predicted molar refractivity (Wildman–Crippen MR) is 128 cm³/mol. The third-order valence-electron chi connectivity index (χ3n) is 4.45. The van der Waals surface area contributed by atoms with E-state index in [2.05, 4.69) is 10.4 Å². The van der Waals surface area contributed by atoms with Crippen molar-refractivity contribution in [2.45, 2.75) is 27.5 Å². The number of benzene rings is 1. The van der Waals surface area contributed by atoms with Gasteiger partial charge >= 0.3 is 11.9 Å². The molecule has 1 aromatic carbocycles. The number of nitrogens with one attached hydrogen (secondary N) is 1. The van der Waals surface area contributed by atoms with E-state index in [9.17, 15) is 14.4 Å². The lowest BCUT2D eigenvalue weighted by Gasteiger charge is -2.09. The van der Waals surface area contributed by atoms with Crippen molar-refractivity contribution in [2.24, 2.45) is 0 Å². The molecule has 1 N–H and O–H groups in total. The fraction of sp³-hybridized carbons (Fsp3) is 0.273. The molecular formula is C22H21Cl2N3O6S. The van der Waals surface area contributed by atoms with Crippen molar-refractivity contribution in [1.29, 1.82) is 0 Å². The Kier molecular flexibility index (Phi) is 8.54. The van der Waals surface area contributed by atoms with Crippen molar-refractivity contribution in [3.63, 3.8) is 0 Å². The van der Waals surface area contributed by atoms with Crippen LogP contribution in [-0.4, -0.2) is 40.8 Å². The van der Waals surface area contributed by atoms with Crippen molar-refractivity contribution in [2.75, 3.05) is 18.5 Å². The summed E-state index contributed by atoms with van der Waals surface area (Å²) in [6.07, 6.45) is 1.54. The van der Waals surface area contributed by atoms with Crippen molar-refractivity contribution in [3.05, 3.63) is 62.2 Å². The van der Waals surface area contributed by atoms with Gasteiger partial charge in [-0.1, -0.05) is 29.3 Å². The van der Waals surface area contributed by atoms with E-state index in [1.54, 1.807) is 39.0 Å². The van der Waals surface area contributed by atoms with Crippen molar-refractivity contribution < 1.29 is 28.6 Å². The Balaban J connectivity index is 1.79. The standard InChI is InChI=1S/C22H21Cl2N3O6S/c1-4-31-21(29)16-12(3)18(22(30)32-5-2)34-20(16)25-19(28)15-9-10-27(26-15)11-33-17-13(23)7-6-8-14(17)24/h6-10H,4-5,11H2,1-3H3,(H,25,28). The number of nitrogens with zero attached hydrogens (tertiary/aromatic N) is 2. The van der Waals surface area contributed by atoms with Crippen LogP contribution >= 0.6 is 34.5 Å². The molecule has 0 radical (unpaired) electrons. The molecular weight excluding hydrogens is 505 g/mol. The quantitative estimate of drug-likeness (QED) is 0.382. The zero-order chi connectivity index (χ0) is 24.8. The molecule has 2 heterocycles. The average Bonchev–Trinajstić information content (AvgIpc) is 3.38. The molecule has 0 aliphatic heterocycles. The minimum atomic E-state index is -0.655. The molecule has 9 nitrogen and oxygen atoms in total. The number of carbonyl (C=O) groups is 3. The van der Waals surface area contributed by atoms with Crippen LogP contribution in [0.3, 0.4) is 0 Å². The summed E-state index contributed by atoms with van der Waals surface area (Å²) in [6.45, 7) is 5.19. The Bertz CT molecular complexity index is 1200. The summed E-state index contributed by atoms with van der Waals surface area (Å²) in [7, 11) is 0. The summed E-state index contributed by atoms with van der Waals surface area (Å²) in [5.74, 6) is -1.53. The van der Waals surface area contributed by atoms with Gasteiger partial charge in [-0.3, -0.25) is 4.79 Å². The Labute approximate surface area is 209 Å². The Hall–Kier alpha value is -3.08. The van der Waals surface area contributed by atoms with Gasteiger partial charge in [0.15, 0.2) is 18.2 Å². The summed E-state index contributed by atoms with van der Waals surface area (Å²) >= 11 is 13.1. The Morgan fingerprint density at radius 3 is 2.35 bits per heavy atom. The normalized spacial score (nSPS) is 10.6. The fourth-order valence-corrected chi connectivity index (χ4v) is 4.51. The number of esters is 2. The van der Waals surface area contributed by atoms with Gasteiger partial charge in [0, 0.05) is 6.20 Å². The first-order valence-corrected chi connectivity index (χ1v) is 11.7. The fourth-order valence-electron chi connectivity index (χ4n) is 2.91. The number of hydrogen-bond donors (Lipinski definition) is 1. The lowest BCUT2D eigenvalue weighted by molar-refractivity contribution is 0.0527. The summed E-state index contributed by atoms with van der Waals surface area (Å²) in [5.41, 5.74) is 0.527. The molecule has 0 saturated heterocycles. The maximum Gasteiger partial charge on any atom is 0.348 e. The van der Waals surface area contributed by atoms with E-state index in [1.807, 2.05) is 0 Å². The number of amides is 1. The highest BCUT2D eigenvalue weighted by Crippen LogP contribution is 2.35. The van der Waals surface area contributed by atoms with Crippen LogP contribution < -0.4 is 10.1 Å². The number of ether oxygens (including phenoxy) is 3. The Morgan fingerprint density at radius 1 is 1.06 bits per heavy atom. The molecule has 0 saturated carbocycles. The maximum absolute atomic E-state index is 12.8. The van der Waals surface area contributed by atoms with E-state index in [-0.39, 0.29) is 41.1 Å². The van der Waals surface area contributed by atoms with Crippen LogP contribution in [0.4, 0.5) is 5.00 Å². The summed E-state index contributed by atoms with van der Waals surface area (Å²) in [5, 5.41) is 7.67. The van der Waals surface area contributed by atoms with E-state index in [1.165, 1.54) is 16.9 Å². The second-order valence-corrected chi connectivity index (χ2v) is 8.56. The van der Waals surface area contributed by atoms with Crippen LogP contribution in [0, 0.1) is 6.92 Å². The number of rotatable bonds is 9. The van der Waals surface area contributed by atoms with Crippen molar-refractivity contribution in [1.82, 2.24) is 9.78 Å². The molecule has 12 heteroatoms. The molecule has 0 atom stereocenters. The number of carbonyl (C=O) groups excluding carboxylic acids is 3. The van der Waals surface area contributed by atoms with Gasteiger partial charge in [0.1, 0.15) is 9.88 Å². The molecule has 0 fully saturated rings. The average molecular weight is 526 g/mol. The number of halogens is 2. The summed E-state index contributed by atoms with van der Waals surface area (Å²) in [4.78, 5) is 37.8. The van der Waals surface area contributed by atoms with Crippen LogP contribution in [0.2, 0.25) is 10.0 Å². The minimum absolute atomic E-state index is 0.0457. The van der Waals surface area contributed by atoms with Gasteiger partial charge in [-0.2, -0.15) is 5.10 Å². The van der Waals surface area contributed by atoms with Gasteiger partial charge in [-0.15, -0.1) is 11.3 Å². The van der Waals surface area contributed by atoms with Gasteiger partial charge in [-0.05, 0) is 44.5 Å². The number of aromatic nitrogens is 2. The zero-order valence-electron chi connectivity index (χ0n) is 18.5. The minimum Gasteiger partial charge on any atom is -0.468 e. The molecule has 0 unspecified atom stereocenters. The highest BCUT2D eigenvalue weighted by molar-refractivity contribution is 7.18. The van der Waals surface area contributed by atoms with Gasteiger partial charge in [0.2, 0.25) is 0 Å². The molecule has 2 aromatic heterocycles. The lowest BCUT2D eigenvalue weighted by atomic mass is 10.1. The molecule has 1 amide bonds. The number of hydrogen-bond acceptors (Lipinski definition) is 8. The third-order valence-corrected chi connectivity index (χ3v) is 6.23. The number of thiophene rings is 1. The van der Waals surface area contributed by atoms with E-state index in [0.717, 1.165) is 11.3 Å². The first-order valence-electron chi connectivity index (χ1n) is 10.2. The van der Waals surface area contributed by atoms with Crippen LogP contribution in [0.25, 0.3) is 0 Å². The van der Waals surface area contributed by atoms with Gasteiger partial charge in [-0.25, -0.2) is 14.3 Å². The highest BCUT2D eigenvalue weighted by atomic mass is 35.5. The first-order chi connectivity index (χ1) is 16.3.